The van der Waals surface area contributed by atoms with Crippen LogP contribution in [0.25, 0.3) is 11.2 Å². The van der Waals surface area contributed by atoms with E-state index in [2.05, 4.69) is 19.3 Å². The first-order valence-electron chi connectivity index (χ1n) is 11.8. The number of hydrogen-bond donors (Lipinski definition) is 2. The summed E-state index contributed by atoms with van der Waals surface area (Å²) in [6.45, 7) is 0.507. The Morgan fingerprint density at radius 3 is 2.86 bits per heavy atom. The molecule has 6 rings (SSSR count). The Kier molecular flexibility index (Phi) is 5.95. The third-order valence-electron chi connectivity index (χ3n) is 6.86. The Balaban J connectivity index is 1.23. The normalized spacial score (nSPS) is 27.4. The number of nitrogens with zero attached hydrogens (tertiary/aromatic N) is 3. The minimum Gasteiger partial charge on any atom is -0.456 e. The standard InChI is InChI=1S/C24H26ClFN4O5S/c1-36(2,32)30-13-5-11-3-4-12(20(11)15(26)7-13)6-16-14(25)8-17-23(27-16)29-24(28-17)35-19-10-34-21-18(31)9-33-22(19)21/h5,7-8,12,18-19,21-22,31H,3-4,6,9-10H2,1-2H3,(H,27,28,29)/t12-,18-,19-,21-,22-/m1/s1. The highest BCUT2D eigenvalue weighted by molar-refractivity contribution is 7.92. The summed E-state index contributed by atoms with van der Waals surface area (Å²) in [7, 11) is -2.38. The van der Waals surface area contributed by atoms with Crippen molar-refractivity contribution in [3.63, 3.8) is 0 Å². The van der Waals surface area contributed by atoms with Gasteiger partial charge in [0.2, 0.25) is 0 Å². The molecular weight excluding hydrogens is 511 g/mol. The zero-order valence-electron chi connectivity index (χ0n) is 19.7. The molecule has 0 radical (unpaired) electrons. The number of aliphatic hydroxyl groups excluding tert-OH is 1. The first kappa shape index (κ1) is 24.1. The number of imidazole rings is 1. The van der Waals surface area contributed by atoms with Crippen LogP contribution in [-0.4, -0.2) is 74.4 Å². The van der Waals surface area contributed by atoms with Gasteiger partial charge < -0.3 is 24.3 Å². The number of H-pyrrole nitrogens is 1. The number of fused-ring (bicyclic) bond motifs is 3. The molecule has 0 unspecified atom stereocenters. The van der Waals surface area contributed by atoms with Gasteiger partial charge in [0, 0.05) is 28.3 Å². The molecule has 2 fully saturated rings. The van der Waals surface area contributed by atoms with E-state index >= 15 is 4.39 Å². The number of ether oxygens (including phenoxy) is 3. The minimum atomic E-state index is -2.38. The van der Waals surface area contributed by atoms with Crippen LogP contribution in [0.15, 0.2) is 22.6 Å². The number of pyridine rings is 1. The lowest BCUT2D eigenvalue weighted by molar-refractivity contribution is 0.00706. The second kappa shape index (κ2) is 8.91. The van der Waals surface area contributed by atoms with E-state index in [0.717, 1.165) is 12.0 Å². The van der Waals surface area contributed by atoms with E-state index in [1.54, 1.807) is 6.07 Å². The third kappa shape index (κ3) is 4.47. The van der Waals surface area contributed by atoms with E-state index < -0.39 is 28.0 Å². The van der Waals surface area contributed by atoms with Crippen LogP contribution >= 0.6 is 11.6 Å². The summed E-state index contributed by atoms with van der Waals surface area (Å²) < 4.78 is 48.4. The number of hydrogen-bond acceptors (Lipinski definition) is 8. The first-order chi connectivity index (χ1) is 17.1. The molecule has 0 bridgehead atoms. The van der Waals surface area contributed by atoms with Crippen LogP contribution in [0.3, 0.4) is 0 Å². The van der Waals surface area contributed by atoms with Gasteiger partial charge in [0.25, 0.3) is 6.01 Å². The Morgan fingerprint density at radius 1 is 1.25 bits per heavy atom. The zero-order chi connectivity index (χ0) is 25.2. The van der Waals surface area contributed by atoms with Gasteiger partial charge in [-0.3, -0.25) is 0 Å². The number of rotatable bonds is 5. The number of benzene rings is 1. The maximum Gasteiger partial charge on any atom is 0.296 e. The molecule has 2 aromatic heterocycles. The average molecular weight is 537 g/mol. The van der Waals surface area contributed by atoms with Gasteiger partial charge in [0.1, 0.15) is 24.1 Å². The van der Waals surface area contributed by atoms with Crippen LogP contribution < -0.4 is 4.74 Å². The molecule has 2 saturated heterocycles. The third-order valence-corrected chi connectivity index (χ3v) is 7.84. The molecule has 4 heterocycles. The molecule has 1 aromatic carbocycles. The summed E-state index contributed by atoms with van der Waals surface area (Å²) in [5.74, 6) is -0.432. The smallest absolute Gasteiger partial charge is 0.296 e. The molecule has 0 spiro atoms. The van der Waals surface area contributed by atoms with E-state index in [-0.39, 0.29) is 37.1 Å². The molecule has 1 aliphatic carbocycles. The molecule has 36 heavy (non-hydrogen) atoms. The van der Waals surface area contributed by atoms with Gasteiger partial charge in [-0.05, 0) is 48.4 Å². The number of aryl methyl sites for hydroxylation is 1. The lowest BCUT2D eigenvalue weighted by Crippen LogP contribution is -2.34. The fourth-order valence-corrected chi connectivity index (χ4v) is 6.20. The van der Waals surface area contributed by atoms with Crippen molar-refractivity contribution in [3.05, 3.63) is 45.9 Å². The summed E-state index contributed by atoms with van der Waals surface area (Å²) >= 11 is 6.56. The van der Waals surface area contributed by atoms with Crippen molar-refractivity contribution in [1.29, 1.82) is 0 Å². The van der Waals surface area contributed by atoms with Crippen molar-refractivity contribution < 1.29 is 27.9 Å². The molecule has 2 N–H and O–H groups in total. The van der Waals surface area contributed by atoms with Crippen LogP contribution in [-0.2, 0) is 32.0 Å². The van der Waals surface area contributed by atoms with Crippen molar-refractivity contribution in [2.45, 2.75) is 49.6 Å². The van der Waals surface area contributed by atoms with Gasteiger partial charge in [-0.25, -0.2) is 13.6 Å². The molecule has 2 aliphatic heterocycles. The Bertz CT molecular complexity index is 1460. The highest BCUT2D eigenvalue weighted by atomic mass is 35.5. The molecule has 192 valence electrons. The average Bonchev–Trinajstić information content (AvgIpc) is 3.54. The van der Waals surface area contributed by atoms with Crippen molar-refractivity contribution in [3.8, 4) is 6.01 Å². The zero-order valence-corrected chi connectivity index (χ0v) is 21.3. The topological polar surface area (TPSA) is 119 Å². The molecule has 0 amide bonds. The van der Waals surface area contributed by atoms with E-state index in [1.807, 2.05) is 6.07 Å². The predicted molar refractivity (Wildman–Crippen MR) is 132 cm³/mol. The molecule has 12 heteroatoms. The number of nitrogens with one attached hydrogen (secondary N) is 1. The van der Waals surface area contributed by atoms with Crippen LogP contribution in [0.4, 0.5) is 10.1 Å². The predicted octanol–water partition coefficient (Wildman–Crippen LogP) is 3.29. The van der Waals surface area contributed by atoms with Gasteiger partial charge in [0.15, 0.2) is 11.8 Å². The van der Waals surface area contributed by atoms with Crippen molar-refractivity contribution in [1.82, 2.24) is 15.0 Å². The lowest BCUT2D eigenvalue weighted by atomic mass is 9.95. The lowest BCUT2D eigenvalue weighted by Gasteiger charge is -2.15. The number of aromatic amines is 1. The molecule has 0 saturated carbocycles. The Labute approximate surface area is 212 Å². The monoisotopic (exact) mass is 536 g/mol. The Hall–Kier alpha value is -2.31. The first-order valence-corrected chi connectivity index (χ1v) is 14.5. The maximum atomic E-state index is 15.1. The number of aliphatic hydroxyl groups is 1. The van der Waals surface area contributed by atoms with Crippen molar-refractivity contribution in [2.75, 3.05) is 25.7 Å². The molecular formula is C24H26ClFN4O5S. The van der Waals surface area contributed by atoms with Crippen LogP contribution in [0.1, 0.15) is 29.2 Å². The van der Waals surface area contributed by atoms with Gasteiger partial charge in [-0.1, -0.05) is 11.6 Å². The second-order valence-electron chi connectivity index (χ2n) is 9.86. The SMILES string of the molecule is CS(C)(=O)=Nc1cc(F)c2c(c1)CC[C@@H]2Cc1nc2nc(O[C@@H]3CO[C@H]4[C@@H]3OC[C@H]4O)[nH]c2cc1Cl. The highest BCUT2D eigenvalue weighted by Crippen LogP contribution is 2.40. The fourth-order valence-electron chi connectivity index (χ4n) is 5.36. The number of halogens is 2. The van der Waals surface area contributed by atoms with Gasteiger partial charge in [-0.15, -0.1) is 0 Å². The van der Waals surface area contributed by atoms with Gasteiger partial charge in [-0.2, -0.15) is 9.35 Å². The van der Waals surface area contributed by atoms with E-state index in [9.17, 15) is 9.32 Å². The van der Waals surface area contributed by atoms with Gasteiger partial charge in [0.05, 0.1) is 35.1 Å². The summed E-state index contributed by atoms with van der Waals surface area (Å²) in [6.07, 6.45) is 3.17. The summed E-state index contributed by atoms with van der Waals surface area (Å²) in [6, 6.07) is 5.19. The van der Waals surface area contributed by atoms with Gasteiger partial charge >= 0.3 is 0 Å². The minimum absolute atomic E-state index is 0.0858. The van der Waals surface area contributed by atoms with Crippen LogP contribution in [0, 0.1) is 5.82 Å². The molecule has 3 aromatic rings. The molecule has 5 atom stereocenters. The largest absolute Gasteiger partial charge is 0.456 e. The number of aromatic nitrogens is 3. The molecule has 3 aliphatic rings. The maximum absolute atomic E-state index is 15.1. The second-order valence-corrected chi connectivity index (χ2v) is 12.8. The van der Waals surface area contributed by atoms with E-state index in [1.165, 1.54) is 18.6 Å². The summed E-state index contributed by atoms with van der Waals surface area (Å²) in [4.78, 5) is 12.2. The quantitative estimate of drug-likeness (QED) is 0.513. The fraction of sp³-hybridized carbons (Fsp3) is 0.500. The molecule has 9 nitrogen and oxygen atoms in total. The van der Waals surface area contributed by atoms with Crippen molar-refractivity contribution >= 4 is 38.2 Å². The highest BCUT2D eigenvalue weighted by Gasteiger charge is 2.48. The van der Waals surface area contributed by atoms with Crippen LogP contribution in [0.2, 0.25) is 5.02 Å². The summed E-state index contributed by atoms with van der Waals surface area (Å²) in [5.41, 5.74) is 3.62. The van der Waals surface area contributed by atoms with E-state index in [4.69, 9.17) is 25.8 Å². The Morgan fingerprint density at radius 2 is 2.06 bits per heavy atom. The summed E-state index contributed by atoms with van der Waals surface area (Å²) in [5, 5.41) is 10.4. The van der Waals surface area contributed by atoms with E-state index in [0.29, 0.717) is 46.0 Å². The van der Waals surface area contributed by atoms with Crippen molar-refractivity contribution in [2.24, 2.45) is 4.36 Å². The van der Waals surface area contributed by atoms with Crippen LogP contribution in [0.5, 0.6) is 6.01 Å².